The van der Waals surface area contributed by atoms with Gasteiger partial charge in [0.15, 0.2) is 9.04 Å². The van der Waals surface area contributed by atoms with Crippen LogP contribution in [0.2, 0.25) is 13.1 Å². The summed E-state index contributed by atoms with van der Waals surface area (Å²) in [4.78, 5) is 4.55. The molecule has 3 heteroatoms. The summed E-state index contributed by atoms with van der Waals surface area (Å²) < 4.78 is 5.75. The van der Waals surface area contributed by atoms with Crippen molar-refractivity contribution in [3.8, 4) is 0 Å². The van der Waals surface area contributed by atoms with Crippen molar-refractivity contribution in [3.05, 3.63) is 42.1 Å². The molecule has 1 aromatic heterocycles. The molecule has 0 amide bonds. The maximum atomic E-state index is 5.75. The van der Waals surface area contributed by atoms with Gasteiger partial charge in [0.2, 0.25) is 0 Å². The van der Waals surface area contributed by atoms with Gasteiger partial charge in [-0.15, -0.1) is 0 Å². The molecule has 1 heterocycles. The van der Waals surface area contributed by atoms with E-state index in [2.05, 4.69) is 63.1 Å². The van der Waals surface area contributed by atoms with Gasteiger partial charge in [-0.3, -0.25) is 4.98 Å². The fourth-order valence-electron chi connectivity index (χ4n) is 3.88. The quantitative estimate of drug-likeness (QED) is 0.304. The minimum atomic E-state index is -0.819. The fourth-order valence-corrected chi connectivity index (χ4v) is 4.51. The highest BCUT2D eigenvalue weighted by atomic mass is 28.3. The van der Waals surface area contributed by atoms with E-state index in [1.807, 2.05) is 12.3 Å². The Morgan fingerprint density at radius 1 is 0.963 bits per heavy atom. The Bertz CT molecular complexity index is 677. The molecule has 0 radical (unpaired) electrons. The predicted molar refractivity (Wildman–Crippen MR) is 121 cm³/mol. The average Bonchev–Trinajstić information content (AvgIpc) is 2.61. The van der Waals surface area contributed by atoms with Gasteiger partial charge in [0.1, 0.15) is 0 Å². The lowest BCUT2D eigenvalue weighted by Crippen LogP contribution is -2.18. The van der Waals surface area contributed by atoms with Gasteiger partial charge in [0.05, 0.1) is 5.52 Å². The molecule has 0 aliphatic carbocycles. The first kappa shape index (κ1) is 22.1. The third-order valence-corrected chi connectivity index (χ3v) is 6.32. The molecule has 1 unspecified atom stereocenters. The lowest BCUT2D eigenvalue weighted by Gasteiger charge is -2.31. The number of hydrogen-bond acceptors (Lipinski definition) is 2. The zero-order chi connectivity index (χ0) is 19.7. The van der Waals surface area contributed by atoms with Crippen molar-refractivity contribution in [2.75, 3.05) is 6.61 Å². The largest absolute Gasteiger partial charge is 0.421 e. The van der Waals surface area contributed by atoms with E-state index in [0.717, 1.165) is 12.1 Å². The number of unbranched alkanes of at least 4 members (excludes halogenated alkanes) is 5. The normalized spacial score (nSPS) is 13.4. The summed E-state index contributed by atoms with van der Waals surface area (Å²) in [5, 5.41) is 1.23. The number of fused-ring (bicyclic) bond motifs is 1. The van der Waals surface area contributed by atoms with Crippen LogP contribution in [0.5, 0.6) is 0 Å². The minimum Gasteiger partial charge on any atom is -0.421 e. The van der Waals surface area contributed by atoms with Crippen LogP contribution in [0.25, 0.3) is 10.9 Å². The van der Waals surface area contributed by atoms with E-state index < -0.39 is 9.04 Å². The monoisotopic (exact) mass is 385 g/mol. The van der Waals surface area contributed by atoms with Crippen LogP contribution in [0.15, 0.2) is 36.5 Å². The molecule has 1 aromatic carbocycles. The lowest BCUT2D eigenvalue weighted by atomic mass is 9.73. The molecule has 0 saturated heterocycles. The summed E-state index contributed by atoms with van der Waals surface area (Å²) in [6.45, 7) is 12.6. The third kappa shape index (κ3) is 7.75. The molecule has 0 fully saturated rings. The van der Waals surface area contributed by atoms with Crippen molar-refractivity contribution in [3.63, 3.8) is 0 Å². The van der Waals surface area contributed by atoms with Gasteiger partial charge in [-0.2, -0.15) is 0 Å². The Hall–Kier alpha value is -1.19. The second kappa shape index (κ2) is 11.0. The molecule has 2 nitrogen and oxygen atoms in total. The maximum Gasteiger partial charge on any atom is 0.170 e. The van der Waals surface area contributed by atoms with Crippen LogP contribution < -0.4 is 0 Å². The highest BCUT2D eigenvalue weighted by Gasteiger charge is 2.25. The molecule has 0 aliphatic heterocycles. The van der Waals surface area contributed by atoms with E-state index in [1.165, 1.54) is 55.9 Å². The van der Waals surface area contributed by atoms with Crippen molar-refractivity contribution >= 4 is 19.9 Å². The summed E-state index contributed by atoms with van der Waals surface area (Å²) in [5.74, 6) is 0.591. The molecule has 0 spiro atoms. The topological polar surface area (TPSA) is 22.1 Å². The van der Waals surface area contributed by atoms with E-state index in [9.17, 15) is 0 Å². The van der Waals surface area contributed by atoms with Crippen LogP contribution in [0.4, 0.5) is 0 Å². The number of pyridine rings is 1. The molecule has 0 aliphatic rings. The van der Waals surface area contributed by atoms with Gasteiger partial charge < -0.3 is 4.43 Å². The SMILES string of the molecule is C[SiH](C)OCCCCCCCCC(c1ccc2cccnc2c1)C(C)(C)C. The van der Waals surface area contributed by atoms with E-state index in [1.54, 1.807) is 0 Å². The first-order valence-electron chi connectivity index (χ1n) is 10.8. The molecule has 1 atom stereocenters. The Morgan fingerprint density at radius 3 is 2.37 bits per heavy atom. The van der Waals surface area contributed by atoms with Crippen LogP contribution in [0.3, 0.4) is 0 Å². The zero-order valence-corrected chi connectivity index (χ0v) is 19.3. The highest BCUT2D eigenvalue weighted by molar-refractivity contribution is 6.48. The van der Waals surface area contributed by atoms with Crippen molar-refractivity contribution in [2.45, 2.75) is 84.7 Å². The number of hydrogen-bond donors (Lipinski definition) is 0. The standard InChI is InChI=1S/C24H39NOSi/c1-24(2,3)22(14-10-8-6-7-9-11-18-26-27(4)5)21-16-15-20-13-12-17-25-23(20)19-21/h12-13,15-17,19,22,27H,6-11,14,18H2,1-5H3. The maximum absolute atomic E-state index is 5.75. The second-order valence-corrected chi connectivity index (χ2v) is 11.6. The summed E-state index contributed by atoms with van der Waals surface area (Å²) >= 11 is 0. The molecule has 27 heavy (non-hydrogen) atoms. The van der Waals surface area contributed by atoms with Crippen LogP contribution in [-0.2, 0) is 4.43 Å². The predicted octanol–water partition coefficient (Wildman–Crippen LogP) is 7.10. The van der Waals surface area contributed by atoms with Gasteiger partial charge >= 0.3 is 0 Å². The third-order valence-electron chi connectivity index (χ3n) is 5.42. The highest BCUT2D eigenvalue weighted by Crippen LogP contribution is 2.39. The van der Waals surface area contributed by atoms with Crippen molar-refractivity contribution in [1.82, 2.24) is 4.98 Å². The molecule has 150 valence electrons. The first-order chi connectivity index (χ1) is 12.9. The smallest absolute Gasteiger partial charge is 0.170 e. The first-order valence-corrected chi connectivity index (χ1v) is 13.6. The number of nitrogens with zero attached hydrogens (tertiary/aromatic N) is 1. The molecular formula is C24H39NOSi. The summed E-state index contributed by atoms with van der Waals surface area (Å²) in [6, 6.07) is 11.0. The van der Waals surface area contributed by atoms with Gasteiger partial charge in [0.25, 0.3) is 0 Å². The van der Waals surface area contributed by atoms with Gasteiger partial charge in [-0.1, -0.05) is 71.1 Å². The van der Waals surface area contributed by atoms with Crippen molar-refractivity contribution < 1.29 is 4.43 Å². The summed E-state index contributed by atoms with van der Waals surface area (Å²) in [6.07, 6.45) is 11.1. The number of aromatic nitrogens is 1. The second-order valence-electron chi connectivity index (χ2n) is 9.20. The van der Waals surface area contributed by atoms with E-state index >= 15 is 0 Å². The van der Waals surface area contributed by atoms with E-state index in [4.69, 9.17) is 4.43 Å². The molecule has 0 bridgehead atoms. The lowest BCUT2D eigenvalue weighted by molar-refractivity contribution is 0.295. The summed E-state index contributed by atoms with van der Waals surface area (Å²) in [5.41, 5.74) is 2.85. The molecule has 0 saturated carbocycles. The zero-order valence-electron chi connectivity index (χ0n) is 18.1. The minimum absolute atomic E-state index is 0.278. The molecule has 0 N–H and O–H groups in total. The molecular weight excluding hydrogens is 346 g/mol. The Kier molecular flexibility index (Phi) is 8.98. The number of rotatable bonds is 11. The summed E-state index contributed by atoms with van der Waals surface area (Å²) in [7, 11) is -0.819. The Balaban J connectivity index is 1.79. The molecule has 2 aromatic rings. The van der Waals surface area contributed by atoms with Crippen LogP contribution >= 0.6 is 0 Å². The Labute approximate surface area is 168 Å². The average molecular weight is 386 g/mol. The van der Waals surface area contributed by atoms with E-state index in [-0.39, 0.29) is 5.41 Å². The van der Waals surface area contributed by atoms with Crippen molar-refractivity contribution in [2.24, 2.45) is 5.41 Å². The van der Waals surface area contributed by atoms with Crippen LogP contribution in [0, 0.1) is 5.41 Å². The van der Waals surface area contributed by atoms with E-state index in [0.29, 0.717) is 5.92 Å². The molecule has 2 rings (SSSR count). The fraction of sp³-hybridized carbons (Fsp3) is 0.625. The Morgan fingerprint density at radius 2 is 1.67 bits per heavy atom. The van der Waals surface area contributed by atoms with Gasteiger partial charge in [0, 0.05) is 18.2 Å². The number of benzene rings is 1. The van der Waals surface area contributed by atoms with Gasteiger partial charge in [-0.05, 0) is 55.0 Å². The van der Waals surface area contributed by atoms with Gasteiger partial charge in [-0.25, -0.2) is 0 Å². The van der Waals surface area contributed by atoms with Crippen LogP contribution in [0.1, 0.15) is 77.2 Å². The van der Waals surface area contributed by atoms with Crippen molar-refractivity contribution in [1.29, 1.82) is 0 Å². The van der Waals surface area contributed by atoms with Crippen LogP contribution in [-0.4, -0.2) is 20.6 Å².